The highest BCUT2D eigenvalue weighted by Gasteiger charge is 2.29. The lowest BCUT2D eigenvalue weighted by Gasteiger charge is -2.15. The fraction of sp³-hybridized carbons (Fsp3) is 0.500. The van der Waals surface area contributed by atoms with Gasteiger partial charge < -0.3 is 11.1 Å². The maximum Gasteiger partial charge on any atom is 0.391 e. The summed E-state index contributed by atoms with van der Waals surface area (Å²) in [6, 6.07) is 2.20. The standard InChI is InChI=1S/C8H11F3N4/c1-5(4-8(9,10)11)13-7-3-2-6(12)14-15-7/h2-3,5H,4H2,1H3,(H2,12,14)(H,13,15). The quantitative estimate of drug-likeness (QED) is 0.815. The van der Waals surface area contributed by atoms with Crippen LogP contribution in [0, 0.1) is 0 Å². The van der Waals surface area contributed by atoms with E-state index in [4.69, 9.17) is 5.73 Å². The van der Waals surface area contributed by atoms with Gasteiger partial charge in [0.15, 0.2) is 0 Å². The molecular formula is C8H11F3N4. The van der Waals surface area contributed by atoms with Crippen molar-refractivity contribution in [2.45, 2.75) is 25.6 Å². The van der Waals surface area contributed by atoms with E-state index in [1.54, 1.807) is 0 Å². The van der Waals surface area contributed by atoms with E-state index in [2.05, 4.69) is 15.5 Å². The Morgan fingerprint density at radius 1 is 1.40 bits per heavy atom. The maximum absolute atomic E-state index is 12.0. The topological polar surface area (TPSA) is 63.8 Å². The van der Waals surface area contributed by atoms with Crippen molar-refractivity contribution in [3.63, 3.8) is 0 Å². The van der Waals surface area contributed by atoms with Gasteiger partial charge in [0.05, 0.1) is 6.42 Å². The summed E-state index contributed by atoms with van der Waals surface area (Å²) in [6.07, 6.45) is -5.10. The summed E-state index contributed by atoms with van der Waals surface area (Å²) < 4.78 is 35.9. The Bertz CT molecular complexity index is 309. The minimum absolute atomic E-state index is 0.226. The van der Waals surface area contributed by atoms with Gasteiger partial charge in [0.1, 0.15) is 11.6 Å². The minimum Gasteiger partial charge on any atom is -0.382 e. The monoisotopic (exact) mass is 220 g/mol. The lowest BCUT2D eigenvalue weighted by Crippen LogP contribution is -2.24. The Balaban J connectivity index is 2.51. The third kappa shape index (κ3) is 4.48. The molecule has 15 heavy (non-hydrogen) atoms. The molecular weight excluding hydrogens is 209 g/mol. The zero-order valence-electron chi connectivity index (χ0n) is 8.04. The summed E-state index contributed by atoms with van der Waals surface area (Å²) in [6.45, 7) is 1.42. The molecule has 4 nitrogen and oxygen atoms in total. The van der Waals surface area contributed by atoms with Crippen molar-refractivity contribution in [1.82, 2.24) is 10.2 Å². The second-order valence-electron chi connectivity index (χ2n) is 3.21. The zero-order chi connectivity index (χ0) is 11.5. The number of halogens is 3. The number of nitrogens with zero attached hydrogens (tertiary/aromatic N) is 2. The molecule has 0 aromatic carbocycles. The van der Waals surface area contributed by atoms with Crippen molar-refractivity contribution >= 4 is 11.6 Å². The van der Waals surface area contributed by atoms with Crippen LogP contribution in [0.3, 0.4) is 0 Å². The first-order valence-electron chi connectivity index (χ1n) is 4.29. The third-order valence-electron chi connectivity index (χ3n) is 1.62. The van der Waals surface area contributed by atoms with E-state index in [1.165, 1.54) is 19.1 Å². The highest BCUT2D eigenvalue weighted by molar-refractivity contribution is 5.38. The molecule has 84 valence electrons. The molecule has 0 bridgehead atoms. The van der Waals surface area contributed by atoms with Gasteiger partial charge in [0, 0.05) is 6.04 Å². The minimum atomic E-state index is -4.19. The summed E-state index contributed by atoms with van der Waals surface area (Å²) in [5, 5.41) is 9.68. The number of rotatable bonds is 3. The summed E-state index contributed by atoms with van der Waals surface area (Å²) >= 11 is 0. The molecule has 7 heteroatoms. The van der Waals surface area contributed by atoms with Crippen LogP contribution in [0.2, 0.25) is 0 Å². The third-order valence-corrected chi connectivity index (χ3v) is 1.62. The normalized spacial score (nSPS) is 13.6. The Hall–Kier alpha value is -1.53. The van der Waals surface area contributed by atoms with Crippen LogP contribution in [0.15, 0.2) is 12.1 Å². The van der Waals surface area contributed by atoms with Crippen molar-refractivity contribution in [1.29, 1.82) is 0 Å². The Morgan fingerprint density at radius 3 is 2.53 bits per heavy atom. The fourth-order valence-corrected chi connectivity index (χ4v) is 1.07. The first-order valence-corrected chi connectivity index (χ1v) is 4.29. The highest BCUT2D eigenvalue weighted by Crippen LogP contribution is 2.22. The van der Waals surface area contributed by atoms with Gasteiger partial charge in [0.25, 0.3) is 0 Å². The van der Waals surface area contributed by atoms with Crippen LogP contribution >= 0.6 is 0 Å². The smallest absolute Gasteiger partial charge is 0.382 e. The van der Waals surface area contributed by atoms with E-state index in [9.17, 15) is 13.2 Å². The van der Waals surface area contributed by atoms with Crippen molar-refractivity contribution in [2.75, 3.05) is 11.1 Å². The molecule has 1 aromatic heterocycles. The Labute approximate surface area is 84.7 Å². The molecule has 1 atom stereocenters. The fourth-order valence-electron chi connectivity index (χ4n) is 1.07. The van der Waals surface area contributed by atoms with E-state index >= 15 is 0 Å². The molecule has 0 aliphatic carbocycles. The van der Waals surface area contributed by atoms with Crippen LogP contribution in [0.1, 0.15) is 13.3 Å². The highest BCUT2D eigenvalue weighted by atomic mass is 19.4. The van der Waals surface area contributed by atoms with Gasteiger partial charge in [-0.05, 0) is 19.1 Å². The molecule has 0 amide bonds. The molecule has 1 unspecified atom stereocenters. The second-order valence-corrected chi connectivity index (χ2v) is 3.21. The summed E-state index contributed by atoms with van der Waals surface area (Å²) in [7, 11) is 0. The van der Waals surface area contributed by atoms with E-state index in [0.29, 0.717) is 0 Å². The van der Waals surface area contributed by atoms with Gasteiger partial charge in [-0.1, -0.05) is 0 Å². The van der Waals surface area contributed by atoms with Gasteiger partial charge in [0.2, 0.25) is 0 Å². The molecule has 0 saturated carbocycles. The number of hydrogen-bond acceptors (Lipinski definition) is 4. The molecule has 0 aliphatic rings. The number of nitrogen functional groups attached to an aromatic ring is 1. The van der Waals surface area contributed by atoms with Crippen LogP contribution < -0.4 is 11.1 Å². The lowest BCUT2D eigenvalue weighted by atomic mass is 10.2. The molecule has 0 aliphatic heterocycles. The molecule has 0 saturated heterocycles. The molecule has 0 spiro atoms. The number of alkyl halides is 3. The van der Waals surface area contributed by atoms with Crippen LogP contribution in [0.5, 0.6) is 0 Å². The first-order chi connectivity index (χ1) is 6.87. The van der Waals surface area contributed by atoms with Gasteiger partial charge >= 0.3 is 6.18 Å². The van der Waals surface area contributed by atoms with Crippen molar-refractivity contribution < 1.29 is 13.2 Å². The maximum atomic E-state index is 12.0. The van der Waals surface area contributed by atoms with Gasteiger partial charge in [-0.25, -0.2) is 0 Å². The average Bonchev–Trinajstić information content (AvgIpc) is 2.05. The first kappa shape index (κ1) is 11.5. The van der Waals surface area contributed by atoms with Crippen LogP contribution in [-0.4, -0.2) is 22.4 Å². The van der Waals surface area contributed by atoms with Gasteiger partial charge in [-0.15, -0.1) is 10.2 Å². The van der Waals surface area contributed by atoms with E-state index in [0.717, 1.165) is 0 Å². The van der Waals surface area contributed by atoms with Crippen molar-refractivity contribution in [2.24, 2.45) is 0 Å². The second kappa shape index (κ2) is 4.33. The number of anilines is 2. The number of aromatic nitrogens is 2. The van der Waals surface area contributed by atoms with Crippen LogP contribution in [0.4, 0.5) is 24.8 Å². The number of hydrogen-bond donors (Lipinski definition) is 2. The van der Waals surface area contributed by atoms with E-state index < -0.39 is 18.6 Å². The molecule has 1 rings (SSSR count). The molecule has 1 aromatic rings. The summed E-state index contributed by atoms with van der Waals surface area (Å²) in [5.74, 6) is 0.505. The Kier molecular flexibility index (Phi) is 3.33. The van der Waals surface area contributed by atoms with Crippen LogP contribution in [-0.2, 0) is 0 Å². The zero-order valence-corrected chi connectivity index (χ0v) is 8.04. The molecule has 1 heterocycles. The van der Waals surface area contributed by atoms with Crippen molar-refractivity contribution in [3.05, 3.63) is 12.1 Å². The van der Waals surface area contributed by atoms with E-state index in [-0.39, 0.29) is 11.6 Å². The number of nitrogens with one attached hydrogen (secondary N) is 1. The Morgan fingerprint density at radius 2 is 2.07 bits per heavy atom. The average molecular weight is 220 g/mol. The van der Waals surface area contributed by atoms with E-state index in [1.807, 2.05) is 0 Å². The SMILES string of the molecule is CC(CC(F)(F)F)Nc1ccc(N)nn1. The molecule has 0 radical (unpaired) electrons. The molecule has 0 fully saturated rings. The molecule has 3 N–H and O–H groups in total. The summed E-state index contributed by atoms with van der Waals surface area (Å²) in [4.78, 5) is 0. The van der Waals surface area contributed by atoms with Gasteiger partial charge in [-0.2, -0.15) is 13.2 Å². The van der Waals surface area contributed by atoms with Crippen molar-refractivity contribution in [3.8, 4) is 0 Å². The van der Waals surface area contributed by atoms with Crippen LogP contribution in [0.25, 0.3) is 0 Å². The lowest BCUT2D eigenvalue weighted by molar-refractivity contribution is -0.136. The largest absolute Gasteiger partial charge is 0.391 e. The predicted molar refractivity (Wildman–Crippen MR) is 50.2 cm³/mol. The summed E-state index contributed by atoms with van der Waals surface area (Å²) in [5.41, 5.74) is 5.28. The van der Waals surface area contributed by atoms with Gasteiger partial charge in [-0.3, -0.25) is 0 Å². The number of nitrogens with two attached hydrogens (primary N) is 1. The predicted octanol–water partition coefficient (Wildman–Crippen LogP) is 1.81.